The van der Waals surface area contributed by atoms with Crippen LogP contribution in [0.3, 0.4) is 0 Å². The van der Waals surface area contributed by atoms with Gasteiger partial charge in [-0.25, -0.2) is 0 Å². The molecule has 0 saturated heterocycles. The summed E-state index contributed by atoms with van der Waals surface area (Å²) >= 11 is 0. The van der Waals surface area contributed by atoms with Crippen LogP contribution in [0.5, 0.6) is 0 Å². The van der Waals surface area contributed by atoms with E-state index in [4.69, 9.17) is 0 Å². The van der Waals surface area contributed by atoms with E-state index in [-0.39, 0.29) is 0 Å². The fourth-order valence-corrected chi connectivity index (χ4v) is 8.80. The molecule has 9 aromatic rings. The molecule has 0 bridgehead atoms. The molecule has 1 heteroatoms. The predicted octanol–water partition coefficient (Wildman–Crippen LogP) is 15.0. The third-order valence-electron chi connectivity index (χ3n) is 11.6. The van der Waals surface area contributed by atoms with E-state index in [1.54, 1.807) is 0 Å². The molecular weight excluding hydrogens is 699 g/mol. The van der Waals surface area contributed by atoms with E-state index in [1.165, 1.54) is 66.8 Å². The molecule has 0 N–H and O–H groups in total. The third-order valence-corrected chi connectivity index (χ3v) is 11.6. The lowest BCUT2D eigenvalue weighted by Crippen LogP contribution is -2.29. The number of fused-ring (bicyclic) bond motifs is 1. The molecule has 0 saturated carbocycles. The minimum atomic E-state index is -0.426. The van der Waals surface area contributed by atoms with Gasteiger partial charge in [-0.15, -0.1) is 0 Å². The fourth-order valence-electron chi connectivity index (χ4n) is 8.80. The van der Waals surface area contributed by atoms with Crippen molar-refractivity contribution in [1.29, 1.82) is 0 Å². The Kier molecular flexibility index (Phi) is 9.18. The molecule has 0 fully saturated rings. The van der Waals surface area contributed by atoms with Crippen molar-refractivity contribution < 1.29 is 0 Å². The molecule has 10 rings (SSSR count). The van der Waals surface area contributed by atoms with Gasteiger partial charge in [0.1, 0.15) is 0 Å². The number of rotatable bonds is 9. The lowest BCUT2D eigenvalue weighted by Gasteiger charge is -2.36. The second kappa shape index (κ2) is 15.2. The number of hydrogen-bond acceptors (Lipinski definition) is 1. The van der Waals surface area contributed by atoms with Crippen molar-refractivity contribution in [1.82, 2.24) is 0 Å². The molecule has 0 spiro atoms. The summed E-state index contributed by atoms with van der Waals surface area (Å²) in [6.07, 6.45) is 2.40. The first kappa shape index (κ1) is 35.0. The van der Waals surface area contributed by atoms with E-state index < -0.39 is 5.41 Å². The SMILES string of the molecule is C1=C(c2ccc(-c3ccc(N(c4ccc(-c5ccccc5)cc4)c4ccc(-c5ccccc5)cc4)cc3)cc2)C(c2ccccc2)(c2ccccc2)c2ccccc21. The van der Waals surface area contributed by atoms with Crippen molar-refractivity contribution in [3.63, 3.8) is 0 Å². The van der Waals surface area contributed by atoms with Gasteiger partial charge in [0, 0.05) is 17.1 Å². The second-order valence-corrected chi connectivity index (χ2v) is 14.9. The summed E-state index contributed by atoms with van der Waals surface area (Å²) in [7, 11) is 0. The normalized spacial score (nSPS) is 12.7. The van der Waals surface area contributed by atoms with Crippen molar-refractivity contribution in [3.8, 4) is 33.4 Å². The quantitative estimate of drug-likeness (QED) is 0.142. The van der Waals surface area contributed by atoms with E-state index in [0.717, 1.165) is 17.1 Å². The van der Waals surface area contributed by atoms with Gasteiger partial charge in [-0.3, -0.25) is 0 Å². The minimum Gasteiger partial charge on any atom is -0.311 e. The number of anilines is 3. The molecule has 0 atom stereocenters. The number of allylic oxidation sites excluding steroid dienone is 1. The zero-order valence-electron chi connectivity index (χ0n) is 32.1. The topological polar surface area (TPSA) is 3.24 Å². The van der Waals surface area contributed by atoms with Crippen LogP contribution in [-0.2, 0) is 5.41 Å². The van der Waals surface area contributed by atoms with Gasteiger partial charge in [-0.05, 0) is 109 Å². The van der Waals surface area contributed by atoms with Crippen LogP contribution in [0.15, 0.2) is 243 Å². The van der Waals surface area contributed by atoms with Crippen LogP contribution < -0.4 is 4.90 Å². The van der Waals surface area contributed by atoms with Crippen molar-refractivity contribution in [2.45, 2.75) is 5.41 Å². The molecule has 58 heavy (non-hydrogen) atoms. The highest BCUT2D eigenvalue weighted by Crippen LogP contribution is 2.55. The molecule has 0 amide bonds. The summed E-state index contributed by atoms with van der Waals surface area (Å²) in [5, 5.41) is 0. The van der Waals surface area contributed by atoms with Gasteiger partial charge in [0.2, 0.25) is 0 Å². The maximum atomic E-state index is 2.40. The van der Waals surface area contributed by atoms with E-state index in [1.807, 2.05) is 0 Å². The molecule has 9 aromatic carbocycles. The summed E-state index contributed by atoms with van der Waals surface area (Å²) in [5.41, 5.74) is 17.7. The van der Waals surface area contributed by atoms with E-state index >= 15 is 0 Å². The molecule has 1 aliphatic carbocycles. The lowest BCUT2D eigenvalue weighted by atomic mass is 9.65. The second-order valence-electron chi connectivity index (χ2n) is 14.9. The molecule has 0 heterocycles. The van der Waals surface area contributed by atoms with Crippen LogP contribution in [-0.4, -0.2) is 0 Å². The average Bonchev–Trinajstić information content (AvgIpc) is 3.67. The third kappa shape index (κ3) is 6.33. The van der Waals surface area contributed by atoms with E-state index in [0.29, 0.717) is 0 Å². The molecule has 274 valence electrons. The maximum absolute atomic E-state index is 2.40. The predicted molar refractivity (Wildman–Crippen MR) is 245 cm³/mol. The van der Waals surface area contributed by atoms with Gasteiger partial charge in [-0.1, -0.05) is 206 Å². The van der Waals surface area contributed by atoms with Gasteiger partial charge in [0.05, 0.1) is 5.41 Å². The minimum absolute atomic E-state index is 0.426. The standard InChI is InChI=1S/C57H41N/c1-5-15-42(16-6-1)45-29-35-52(36-30-45)58(53-37-31-46(32-38-53)43-17-7-2-8-18-43)54-39-33-47(34-40-54)44-25-27-48(28-26-44)56-41-49-19-13-14-24-55(49)57(56,50-20-9-3-10-21-50)51-22-11-4-12-23-51/h1-41H. The largest absolute Gasteiger partial charge is 0.311 e. The first-order chi connectivity index (χ1) is 28.8. The Morgan fingerprint density at radius 2 is 0.569 bits per heavy atom. The van der Waals surface area contributed by atoms with Crippen LogP contribution in [0, 0.1) is 0 Å². The van der Waals surface area contributed by atoms with Crippen molar-refractivity contribution >= 4 is 28.7 Å². The van der Waals surface area contributed by atoms with E-state index in [9.17, 15) is 0 Å². The maximum Gasteiger partial charge on any atom is 0.0713 e. The van der Waals surface area contributed by atoms with Crippen LogP contribution >= 0.6 is 0 Å². The first-order valence-electron chi connectivity index (χ1n) is 20.0. The van der Waals surface area contributed by atoms with Crippen molar-refractivity contribution in [3.05, 3.63) is 270 Å². The van der Waals surface area contributed by atoms with Crippen LogP contribution in [0.25, 0.3) is 45.0 Å². The first-order valence-corrected chi connectivity index (χ1v) is 20.0. The molecule has 0 aliphatic heterocycles. The molecule has 1 aliphatic rings. The molecule has 0 aromatic heterocycles. The number of nitrogens with zero attached hydrogens (tertiary/aromatic N) is 1. The van der Waals surface area contributed by atoms with Gasteiger partial charge in [-0.2, -0.15) is 0 Å². The van der Waals surface area contributed by atoms with Crippen molar-refractivity contribution in [2.75, 3.05) is 4.90 Å². The number of benzene rings is 9. The number of hydrogen-bond donors (Lipinski definition) is 0. The lowest BCUT2D eigenvalue weighted by molar-refractivity contribution is 0.814. The summed E-state index contributed by atoms with van der Waals surface area (Å²) < 4.78 is 0. The Morgan fingerprint density at radius 3 is 0.983 bits per heavy atom. The van der Waals surface area contributed by atoms with E-state index in [2.05, 4.69) is 254 Å². The summed E-state index contributed by atoms with van der Waals surface area (Å²) in [5.74, 6) is 0. The highest BCUT2D eigenvalue weighted by Gasteiger charge is 2.45. The Bertz CT molecular complexity index is 2680. The fraction of sp³-hybridized carbons (Fsp3) is 0.0175. The van der Waals surface area contributed by atoms with Gasteiger partial charge in [0.15, 0.2) is 0 Å². The Morgan fingerprint density at radius 1 is 0.259 bits per heavy atom. The summed E-state index contributed by atoms with van der Waals surface area (Å²) in [6.45, 7) is 0. The summed E-state index contributed by atoms with van der Waals surface area (Å²) in [4.78, 5) is 2.34. The molecule has 0 radical (unpaired) electrons. The zero-order chi connectivity index (χ0) is 38.7. The van der Waals surface area contributed by atoms with Gasteiger partial charge < -0.3 is 4.90 Å². The smallest absolute Gasteiger partial charge is 0.0713 e. The zero-order valence-corrected chi connectivity index (χ0v) is 32.1. The van der Waals surface area contributed by atoms with Crippen molar-refractivity contribution in [2.24, 2.45) is 0 Å². The highest BCUT2D eigenvalue weighted by molar-refractivity contribution is 6.00. The Balaban J connectivity index is 0.997. The van der Waals surface area contributed by atoms with Crippen LogP contribution in [0.4, 0.5) is 17.1 Å². The Hall–Kier alpha value is -7.48. The molecule has 0 unspecified atom stereocenters. The summed E-state index contributed by atoms with van der Waals surface area (Å²) in [6, 6.07) is 87.8. The average molecular weight is 740 g/mol. The molecular formula is C57H41N. The molecule has 1 nitrogen and oxygen atoms in total. The monoisotopic (exact) mass is 739 g/mol. The van der Waals surface area contributed by atoms with Crippen LogP contribution in [0.1, 0.15) is 27.8 Å². The van der Waals surface area contributed by atoms with Gasteiger partial charge in [0.25, 0.3) is 0 Å². The van der Waals surface area contributed by atoms with Crippen LogP contribution in [0.2, 0.25) is 0 Å². The highest BCUT2D eigenvalue weighted by atomic mass is 15.1. The van der Waals surface area contributed by atoms with Gasteiger partial charge >= 0.3 is 0 Å². The Labute approximate surface area is 341 Å².